The van der Waals surface area contributed by atoms with Gasteiger partial charge in [-0.1, -0.05) is 49.6 Å². The van der Waals surface area contributed by atoms with Gasteiger partial charge in [-0.15, -0.1) is 0 Å². The molecule has 0 spiro atoms. The fourth-order valence-electron chi connectivity index (χ4n) is 2.40. The highest BCUT2D eigenvalue weighted by Crippen LogP contribution is 2.15. The van der Waals surface area contributed by atoms with E-state index in [1.165, 1.54) is 30.9 Å². The van der Waals surface area contributed by atoms with Crippen molar-refractivity contribution in [3.8, 4) is 0 Å². The molecular weight excluding hydrogens is 261 g/mol. The van der Waals surface area contributed by atoms with Gasteiger partial charge in [0.1, 0.15) is 5.82 Å². The van der Waals surface area contributed by atoms with Gasteiger partial charge in [0.2, 0.25) is 0 Å². The number of benzene rings is 2. The maximum absolute atomic E-state index is 13.7. The third-order valence-electron chi connectivity index (χ3n) is 3.71. The number of halogens is 1. The van der Waals surface area contributed by atoms with Gasteiger partial charge >= 0.3 is 0 Å². The summed E-state index contributed by atoms with van der Waals surface area (Å²) < 4.78 is 13.7. The first-order valence-electron chi connectivity index (χ1n) is 7.77. The molecule has 0 unspecified atom stereocenters. The minimum atomic E-state index is -0.149. The van der Waals surface area contributed by atoms with Gasteiger partial charge in [0.15, 0.2) is 0 Å². The number of anilines is 1. The Labute approximate surface area is 127 Å². The summed E-state index contributed by atoms with van der Waals surface area (Å²) in [6.45, 7) is 4.72. The van der Waals surface area contributed by atoms with Gasteiger partial charge in [-0.25, -0.2) is 4.39 Å². The molecule has 1 nitrogen and oxygen atoms in total. The molecule has 0 aliphatic heterocycles. The van der Waals surface area contributed by atoms with Gasteiger partial charge in [-0.2, -0.15) is 0 Å². The molecule has 2 heteroatoms. The van der Waals surface area contributed by atoms with Gasteiger partial charge in [0.05, 0.1) is 0 Å². The highest BCUT2D eigenvalue weighted by atomic mass is 19.1. The number of aryl methyl sites for hydroxylation is 2. The maximum atomic E-state index is 13.7. The largest absolute Gasteiger partial charge is 0.381 e. The molecule has 0 aromatic heterocycles. The van der Waals surface area contributed by atoms with E-state index in [-0.39, 0.29) is 5.82 Å². The second-order valence-electron chi connectivity index (χ2n) is 5.60. The zero-order valence-corrected chi connectivity index (χ0v) is 13.0. The average Bonchev–Trinajstić information content (AvgIpc) is 2.50. The lowest BCUT2D eigenvalue weighted by molar-refractivity contribution is 0.612. The summed E-state index contributed by atoms with van der Waals surface area (Å²) in [6.07, 6.45) is 4.92. The van der Waals surface area contributed by atoms with Crippen LogP contribution in [0.25, 0.3) is 0 Å². The molecule has 0 saturated heterocycles. The molecule has 2 aromatic rings. The molecule has 0 aliphatic carbocycles. The molecule has 1 N–H and O–H groups in total. The van der Waals surface area contributed by atoms with Crippen molar-refractivity contribution in [2.75, 3.05) is 5.32 Å². The van der Waals surface area contributed by atoms with Gasteiger partial charge in [-0.3, -0.25) is 0 Å². The van der Waals surface area contributed by atoms with E-state index in [4.69, 9.17) is 0 Å². The lowest BCUT2D eigenvalue weighted by Crippen LogP contribution is -2.02. The number of hydrogen-bond acceptors (Lipinski definition) is 1. The first-order valence-corrected chi connectivity index (χ1v) is 7.77. The minimum absolute atomic E-state index is 0.149. The molecule has 112 valence electrons. The molecule has 21 heavy (non-hydrogen) atoms. The fourth-order valence-corrected chi connectivity index (χ4v) is 2.40. The van der Waals surface area contributed by atoms with Crippen LogP contribution in [0.1, 0.15) is 42.9 Å². The van der Waals surface area contributed by atoms with Crippen molar-refractivity contribution < 1.29 is 4.39 Å². The molecule has 0 bridgehead atoms. The second kappa shape index (κ2) is 7.82. The topological polar surface area (TPSA) is 12.0 Å². The van der Waals surface area contributed by atoms with Crippen molar-refractivity contribution in [1.82, 2.24) is 0 Å². The quantitative estimate of drug-likeness (QED) is 0.664. The Hall–Kier alpha value is -1.83. The van der Waals surface area contributed by atoms with Crippen molar-refractivity contribution in [2.45, 2.75) is 46.1 Å². The van der Waals surface area contributed by atoms with Crippen molar-refractivity contribution in [3.63, 3.8) is 0 Å². The molecule has 0 radical (unpaired) electrons. The zero-order valence-electron chi connectivity index (χ0n) is 13.0. The Kier molecular flexibility index (Phi) is 5.79. The van der Waals surface area contributed by atoms with Gasteiger partial charge in [0.25, 0.3) is 0 Å². The van der Waals surface area contributed by atoms with Crippen LogP contribution >= 0.6 is 0 Å². The molecule has 2 aromatic carbocycles. The molecule has 0 fully saturated rings. The van der Waals surface area contributed by atoms with Crippen LogP contribution in [0, 0.1) is 12.7 Å². The van der Waals surface area contributed by atoms with E-state index in [9.17, 15) is 4.39 Å². The Balaban J connectivity index is 1.90. The standard InChI is InChI=1S/C19H24FN/c1-3-4-5-6-16-8-10-18(11-9-16)21-14-17-13-15(2)7-12-19(17)20/h7-13,21H,3-6,14H2,1-2H3. The van der Waals surface area contributed by atoms with Gasteiger partial charge in [0, 0.05) is 17.8 Å². The van der Waals surface area contributed by atoms with Crippen molar-refractivity contribution >= 4 is 5.69 Å². The van der Waals surface area contributed by atoms with E-state index in [2.05, 4.69) is 36.5 Å². The number of hydrogen-bond donors (Lipinski definition) is 1. The van der Waals surface area contributed by atoms with Crippen LogP contribution in [0.2, 0.25) is 0 Å². The van der Waals surface area contributed by atoms with E-state index in [0.29, 0.717) is 12.1 Å². The van der Waals surface area contributed by atoms with Crippen molar-refractivity contribution in [3.05, 3.63) is 65.0 Å². The summed E-state index contributed by atoms with van der Waals surface area (Å²) >= 11 is 0. The van der Waals surface area contributed by atoms with Crippen LogP contribution in [0.15, 0.2) is 42.5 Å². The van der Waals surface area contributed by atoms with Crippen LogP contribution in [0.3, 0.4) is 0 Å². The van der Waals surface area contributed by atoms with E-state index < -0.39 is 0 Å². The first kappa shape index (κ1) is 15.6. The van der Waals surface area contributed by atoms with Crippen molar-refractivity contribution in [1.29, 1.82) is 0 Å². The summed E-state index contributed by atoms with van der Waals surface area (Å²) in [4.78, 5) is 0. The monoisotopic (exact) mass is 285 g/mol. The van der Waals surface area contributed by atoms with Gasteiger partial charge in [-0.05, 0) is 43.5 Å². The molecule has 0 heterocycles. The lowest BCUT2D eigenvalue weighted by atomic mass is 10.1. The van der Waals surface area contributed by atoms with Gasteiger partial charge < -0.3 is 5.32 Å². The molecule has 0 aliphatic rings. The average molecular weight is 285 g/mol. The molecule has 0 atom stereocenters. The lowest BCUT2D eigenvalue weighted by Gasteiger charge is -2.09. The van der Waals surface area contributed by atoms with E-state index in [1.54, 1.807) is 6.07 Å². The summed E-state index contributed by atoms with van der Waals surface area (Å²) in [7, 11) is 0. The highest BCUT2D eigenvalue weighted by molar-refractivity contribution is 5.45. The third kappa shape index (κ3) is 4.89. The predicted molar refractivity (Wildman–Crippen MR) is 88.1 cm³/mol. The zero-order chi connectivity index (χ0) is 15.1. The minimum Gasteiger partial charge on any atom is -0.381 e. The molecular formula is C19H24FN. The SMILES string of the molecule is CCCCCc1ccc(NCc2cc(C)ccc2F)cc1. The number of nitrogens with one attached hydrogen (secondary N) is 1. The first-order chi connectivity index (χ1) is 10.2. The van der Waals surface area contributed by atoms with Crippen LogP contribution in [0.4, 0.5) is 10.1 Å². The summed E-state index contributed by atoms with van der Waals surface area (Å²) in [5.41, 5.74) is 4.20. The second-order valence-corrected chi connectivity index (χ2v) is 5.60. The number of unbranched alkanes of at least 4 members (excludes halogenated alkanes) is 2. The predicted octanol–water partition coefficient (Wildman–Crippen LogP) is 5.48. The Morgan fingerprint density at radius 3 is 2.48 bits per heavy atom. The van der Waals surface area contributed by atoms with E-state index in [1.807, 2.05) is 13.0 Å². The molecule has 0 amide bonds. The molecule has 2 rings (SSSR count). The molecule has 0 saturated carbocycles. The smallest absolute Gasteiger partial charge is 0.128 e. The summed E-state index contributed by atoms with van der Waals surface area (Å²) in [6, 6.07) is 13.7. The summed E-state index contributed by atoms with van der Waals surface area (Å²) in [5.74, 6) is -0.149. The fraction of sp³-hybridized carbons (Fsp3) is 0.368. The Bertz CT molecular complexity index is 560. The normalized spacial score (nSPS) is 10.6. The third-order valence-corrected chi connectivity index (χ3v) is 3.71. The summed E-state index contributed by atoms with van der Waals surface area (Å²) in [5, 5.41) is 3.28. The highest BCUT2D eigenvalue weighted by Gasteiger charge is 2.02. The van der Waals surface area contributed by atoms with E-state index >= 15 is 0 Å². The Morgan fingerprint density at radius 2 is 1.76 bits per heavy atom. The van der Waals surface area contributed by atoms with Crippen LogP contribution in [-0.2, 0) is 13.0 Å². The Morgan fingerprint density at radius 1 is 1.00 bits per heavy atom. The van der Waals surface area contributed by atoms with Crippen LogP contribution in [0.5, 0.6) is 0 Å². The van der Waals surface area contributed by atoms with Crippen LogP contribution < -0.4 is 5.32 Å². The van der Waals surface area contributed by atoms with Crippen LogP contribution in [-0.4, -0.2) is 0 Å². The van der Waals surface area contributed by atoms with Crippen molar-refractivity contribution in [2.24, 2.45) is 0 Å². The maximum Gasteiger partial charge on any atom is 0.128 e. The number of rotatable bonds is 7. The van der Waals surface area contributed by atoms with E-state index in [0.717, 1.165) is 17.7 Å².